The van der Waals surface area contributed by atoms with E-state index < -0.39 is 16.0 Å². The number of hydrogen-bond donors (Lipinski definition) is 1. The van der Waals surface area contributed by atoms with Gasteiger partial charge in [-0.1, -0.05) is 11.6 Å². The minimum atomic E-state index is -3.99. The van der Waals surface area contributed by atoms with Gasteiger partial charge < -0.3 is 9.64 Å². The summed E-state index contributed by atoms with van der Waals surface area (Å²) >= 11 is 5.94. The van der Waals surface area contributed by atoms with Crippen molar-refractivity contribution in [1.29, 1.82) is 0 Å². The molecule has 0 spiro atoms. The monoisotopic (exact) mass is 396 g/mol. The molecule has 1 amide bonds. The average Bonchev–Trinajstić information content (AvgIpc) is 2.60. The van der Waals surface area contributed by atoms with Crippen molar-refractivity contribution >= 4 is 39.2 Å². The molecule has 1 N–H and O–H groups in total. The molecule has 0 heterocycles. The summed E-state index contributed by atoms with van der Waals surface area (Å²) in [5, 5.41) is 0.277. The third-order valence-corrected chi connectivity index (χ3v) is 5.06. The molecule has 0 aliphatic carbocycles. The molecule has 2 aromatic rings. The lowest BCUT2D eigenvalue weighted by molar-refractivity contribution is 0.0600. The van der Waals surface area contributed by atoms with Crippen LogP contribution in [0.25, 0.3) is 0 Å². The number of anilines is 1. The Kier molecular flexibility index (Phi) is 5.89. The van der Waals surface area contributed by atoms with Crippen LogP contribution in [-0.4, -0.2) is 46.4 Å². The van der Waals surface area contributed by atoms with Gasteiger partial charge in [-0.05, 0) is 42.5 Å². The summed E-state index contributed by atoms with van der Waals surface area (Å²) in [5.41, 5.74) is 0.445. The molecule has 0 bridgehead atoms. The van der Waals surface area contributed by atoms with Crippen LogP contribution in [0, 0.1) is 0 Å². The predicted octanol–water partition coefficient (Wildman–Crippen LogP) is 2.63. The third kappa shape index (κ3) is 4.33. The van der Waals surface area contributed by atoms with Crippen molar-refractivity contribution in [2.45, 2.75) is 4.90 Å². The number of sulfonamides is 1. The van der Waals surface area contributed by atoms with Crippen LogP contribution in [0.1, 0.15) is 20.7 Å². The van der Waals surface area contributed by atoms with Crippen molar-refractivity contribution in [3.63, 3.8) is 0 Å². The SMILES string of the molecule is COC(=O)c1ccc(S(=O)(=O)Nc2cc(Cl)ccc2C(=O)N(C)C)cc1. The van der Waals surface area contributed by atoms with E-state index in [1.807, 2.05) is 0 Å². The zero-order chi connectivity index (χ0) is 19.5. The number of hydrogen-bond acceptors (Lipinski definition) is 5. The van der Waals surface area contributed by atoms with E-state index in [9.17, 15) is 18.0 Å². The molecule has 9 heteroatoms. The summed E-state index contributed by atoms with van der Waals surface area (Å²) < 4.78 is 32.2. The molecule has 0 aliphatic rings. The van der Waals surface area contributed by atoms with Crippen LogP contribution in [0.15, 0.2) is 47.4 Å². The van der Waals surface area contributed by atoms with Gasteiger partial charge in [0.2, 0.25) is 0 Å². The number of methoxy groups -OCH3 is 1. The minimum Gasteiger partial charge on any atom is -0.465 e. The Hall–Kier alpha value is -2.58. The topological polar surface area (TPSA) is 92.8 Å². The van der Waals surface area contributed by atoms with E-state index in [1.54, 1.807) is 14.1 Å². The molecule has 0 saturated heterocycles. The molecule has 0 fully saturated rings. The van der Waals surface area contributed by atoms with Crippen molar-refractivity contribution in [1.82, 2.24) is 4.90 Å². The van der Waals surface area contributed by atoms with Gasteiger partial charge in [0.1, 0.15) is 0 Å². The summed E-state index contributed by atoms with van der Waals surface area (Å²) in [7, 11) is 0.353. The Morgan fingerprint density at radius 3 is 2.23 bits per heavy atom. The van der Waals surface area contributed by atoms with Crippen molar-refractivity contribution in [2.24, 2.45) is 0 Å². The molecule has 0 aliphatic heterocycles. The molecule has 7 nitrogen and oxygen atoms in total. The fourth-order valence-electron chi connectivity index (χ4n) is 2.12. The predicted molar refractivity (Wildman–Crippen MR) is 98.1 cm³/mol. The van der Waals surface area contributed by atoms with Gasteiger partial charge in [0, 0.05) is 19.1 Å². The highest BCUT2D eigenvalue weighted by Gasteiger charge is 2.20. The second-order valence-corrected chi connectivity index (χ2v) is 7.63. The molecule has 0 atom stereocenters. The Labute approximate surface area is 156 Å². The number of esters is 1. The van der Waals surface area contributed by atoms with Crippen LogP contribution in [0.4, 0.5) is 5.69 Å². The highest BCUT2D eigenvalue weighted by Crippen LogP contribution is 2.25. The molecule has 2 rings (SSSR count). The first-order chi connectivity index (χ1) is 12.2. The Morgan fingerprint density at radius 1 is 1.08 bits per heavy atom. The van der Waals surface area contributed by atoms with Crippen LogP contribution in [0.5, 0.6) is 0 Å². The number of nitrogens with zero attached hydrogens (tertiary/aromatic N) is 1. The number of benzene rings is 2. The minimum absolute atomic E-state index is 0.0632. The molecule has 0 saturated carbocycles. The van der Waals surface area contributed by atoms with Crippen LogP contribution < -0.4 is 4.72 Å². The van der Waals surface area contributed by atoms with Crippen molar-refractivity contribution in [3.05, 3.63) is 58.6 Å². The summed E-state index contributed by atoms with van der Waals surface area (Å²) in [6, 6.07) is 9.52. The van der Waals surface area contributed by atoms with Crippen molar-refractivity contribution < 1.29 is 22.7 Å². The summed E-state index contributed by atoms with van der Waals surface area (Å²) in [4.78, 5) is 24.9. The Balaban J connectivity index is 2.39. The highest BCUT2D eigenvalue weighted by molar-refractivity contribution is 7.92. The van der Waals surface area contributed by atoms with Crippen LogP contribution in [0.2, 0.25) is 5.02 Å². The number of carbonyl (C=O) groups is 2. The molecular formula is C17H17ClN2O5S. The Morgan fingerprint density at radius 2 is 1.69 bits per heavy atom. The summed E-state index contributed by atoms with van der Waals surface area (Å²) in [6.45, 7) is 0. The second kappa shape index (κ2) is 7.76. The van der Waals surface area contributed by atoms with Crippen LogP contribution >= 0.6 is 11.6 Å². The number of nitrogens with one attached hydrogen (secondary N) is 1. The third-order valence-electron chi connectivity index (χ3n) is 3.45. The van der Waals surface area contributed by atoms with E-state index in [0.717, 1.165) is 0 Å². The van der Waals surface area contributed by atoms with E-state index in [0.29, 0.717) is 0 Å². The van der Waals surface area contributed by atoms with Gasteiger partial charge in [0.05, 0.1) is 28.8 Å². The first-order valence-corrected chi connectivity index (χ1v) is 9.24. The molecule has 0 radical (unpaired) electrons. The first-order valence-electron chi connectivity index (χ1n) is 7.38. The van der Waals surface area contributed by atoms with E-state index in [2.05, 4.69) is 9.46 Å². The molecule has 138 valence electrons. The van der Waals surface area contributed by atoms with Crippen molar-refractivity contribution in [3.8, 4) is 0 Å². The van der Waals surface area contributed by atoms with Gasteiger partial charge in [-0.3, -0.25) is 9.52 Å². The standard InChI is InChI=1S/C17H17ClN2O5S/c1-20(2)16(21)14-9-6-12(18)10-15(14)19-26(23,24)13-7-4-11(5-8-13)17(22)25-3/h4-10,19H,1-3H3. The van der Waals surface area contributed by atoms with Gasteiger partial charge in [0.15, 0.2) is 0 Å². The number of carbonyl (C=O) groups excluding carboxylic acids is 2. The maximum absolute atomic E-state index is 12.6. The number of rotatable bonds is 5. The van der Waals surface area contributed by atoms with E-state index in [1.165, 1.54) is 54.5 Å². The number of halogens is 1. The second-order valence-electron chi connectivity index (χ2n) is 5.51. The molecule has 2 aromatic carbocycles. The van der Waals surface area contributed by atoms with Crippen LogP contribution in [0.3, 0.4) is 0 Å². The molecule has 0 aromatic heterocycles. The lowest BCUT2D eigenvalue weighted by atomic mass is 10.1. The van der Waals surface area contributed by atoms with Gasteiger partial charge in [-0.15, -0.1) is 0 Å². The van der Waals surface area contributed by atoms with E-state index in [-0.39, 0.29) is 32.6 Å². The number of ether oxygens (including phenoxy) is 1. The number of amides is 1. The Bertz CT molecular complexity index is 940. The summed E-state index contributed by atoms with van der Waals surface area (Å²) in [6.07, 6.45) is 0. The largest absolute Gasteiger partial charge is 0.465 e. The highest BCUT2D eigenvalue weighted by atomic mass is 35.5. The average molecular weight is 397 g/mol. The molecule has 0 unspecified atom stereocenters. The smallest absolute Gasteiger partial charge is 0.337 e. The zero-order valence-corrected chi connectivity index (χ0v) is 15.9. The lowest BCUT2D eigenvalue weighted by Gasteiger charge is -2.16. The van der Waals surface area contributed by atoms with E-state index in [4.69, 9.17) is 11.6 Å². The maximum atomic E-state index is 12.6. The molecule has 26 heavy (non-hydrogen) atoms. The van der Waals surface area contributed by atoms with Gasteiger partial charge in [0.25, 0.3) is 15.9 Å². The quantitative estimate of drug-likeness (QED) is 0.784. The van der Waals surface area contributed by atoms with E-state index >= 15 is 0 Å². The first kappa shape index (κ1) is 19.7. The van der Waals surface area contributed by atoms with Gasteiger partial charge >= 0.3 is 5.97 Å². The summed E-state index contributed by atoms with van der Waals surface area (Å²) in [5.74, 6) is -0.948. The fraction of sp³-hybridized carbons (Fsp3) is 0.176. The van der Waals surface area contributed by atoms with Crippen molar-refractivity contribution in [2.75, 3.05) is 25.9 Å². The van der Waals surface area contributed by atoms with Gasteiger partial charge in [-0.2, -0.15) is 0 Å². The zero-order valence-electron chi connectivity index (χ0n) is 14.3. The normalized spacial score (nSPS) is 10.9. The van der Waals surface area contributed by atoms with Gasteiger partial charge in [-0.25, -0.2) is 13.2 Å². The lowest BCUT2D eigenvalue weighted by Crippen LogP contribution is -2.24. The maximum Gasteiger partial charge on any atom is 0.337 e. The fourth-order valence-corrected chi connectivity index (χ4v) is 3.36. The molecular weight excluding hydrogens is 380 g/mol. The van der Waals surface area contributed by atoms with Crippen LogP contribution in [-0.2, 0) is 14.8 Å².